The van der Waals surface area contributed by atoms with Crippen molar-refractivity contribution in [2.75, 3.05) is 7.05 Å². The molecule has 76 valence electrons. The Balaban J connectivity index is 3.17. The van der Waals surface area contributed by atoms with Crippen molar-refractivity contribution < 1.29 is 5.11 Å². The van der Waals surface area contributed by atoms with Gasteiger partial charge < -0.3 is 15.8 Å². The summed E-state index contributed by atoms with van der Waals surface area (Å²) in [5, 5.41) is 20.5. The monoisotopic (exact) mass is 192 g/mol. The minimum atomic E-state index is -0.943. The molecule has 0 aliphatic heterocycles. The Bertz CT molecular complexity index is 343. The molecule has 3 N–H and O–H groups in total. The zero-order chi connectivity index (χ0) is 10.9. The van der Waals surface area contributed by atoms with E-state index in [1.54, 1.807) is 33.0 Å². The molecule has 0 saturated heterocycles. The Kier molecular flexibility index (Phi) is 2.62. The van der Waals surface area contributed by atoms with Crippen molar-refractivity contribution >= 4 is 5.71 Å². The van der Waals surface area contributed by atoms with Crippen LogP contribution in [0, 0.1) is 5.41 Å². The summed E-state index contributed by atoms with van der Waals surface area (Å²) in [5.41, 5.74) is 1.60. The van der Waals surface area contributed by atoms with Crippen LogP contribution in [0.2, 0.25) is 0 Å². The van der Waals surface area contributed by atoms with Crippen molar-refractivity contribution in [2.45, 2.75) is 19.4 Å². The van der Waals surface area contributed by atoms with E-state index in [0.29, 0.717) is 11.3 Å². The van der Waals surface area contributed by atoms with E-state index >= 15 is 0 Å². The number of likely N-dealkylation sites (N-methyl/N-ethyl adjacent to an activating group) is 1. The number of hydrogen-bond donors (Lipinski definition) is 3. The second-order valence-corrected chi connectivity index (χ2v) is 3.86. The second kappa shape index (κ2) is 3.42. The van der Waals surface area contributed by atoms with Gasteiger partial charge in [-0.05, 0) is 31.6 Å². The zero-order valence-electron chi connectivity index (χ0n) is 8.81. The molecule has 0 unspecified atom stereocenters. The van der Waals surface area contributed by atoms with Crippen LogP contribution in [0.1, 0.15) is 13.8 Å². The summed E-state index contributed by atoms with van der Waals surface area (Å²) >= 11 is 0. The van der Waals surface area contributed by atoms with E-state index in [1.165, 1.54) is 0 Å². The summed E-state index contributed by atoms with van der Waals surface area (Å²) in [6.07, 6.45) is 3.42. The van der Waals surface area contributed by atoms with Gasteiger partial charge in [0.2, 0.25) is 0 Å². The molecule has 0 atom stereocenters. The van der Waals surface area contributed by atoms with Gasteiger partial charge in [0.15, 0.2) is 0 Å². The molecule has 1 aliphatic rings. The Labute approximate surface area is 84.3 Å². The first-order chi connectivity index (χ1) is 6.36. The Morgan fingerprint density at radius 1 is 1.43 bits per heavy atom. The highest BCUT2D eigenvalue weighted by atomic mass is 16.3. The first-order valence-electron chi connectivity index (χ1n) is 4.48. The molecule has 0 spiro atoms. The van der Waals surface area contributed by atoms with Gasteiger partial charge in [0.05, 0.1) is 11.3 Å². The van der Waals surface area contributed by atoms with Gasteiger partial charge in [-0.15, -0.1) is 0 Å². The summed E-state index contributed by atoms with van der Waals surface area (Å²) in [6, 6.07) is 0. The SMILES string of the molecule is C=C1C=C(NC)C(C(C)(C)O)=CC1=N. The smallest absolute Gasteiger partial charge is 0.0861 e. The van der Waals surface area contributed by atoms with Gasteiger partial charge in [0.1, 0.15) is 0 Å². The Morgan fingerprint density at radius 3 is 2.43 bits per heavy atom. The fourth-order valence-corrected chi connectivity index (χ4v) is 1.36. The number of nitrogens with one attached hydrogen (secondary N) is 2. The molecular weight excluding hydrogens is 176 g/mol. The highest BCUT2D eigenvalue weighted by molar-refractivity contribution is 6.10. The fourth-order valence-electron chi connectivity index (χ4n) is 1.36. The fraction of sp³-hybridized carbons (Fsp3) is 0.364. The van der Waals surface area contributed by atoms with Crippen LogP contribution in [0.25, 0.3) is 0 Å². The maximum Gasteiger partial charge on any atom is 0.0861 e. The molecule has 0 amide bonds. The topological polar surface area (TPSA) is 56.1 Å². The van der Waals surface area contributed by atoms with Gasteiger partial charge in [0, 0.05) is 18.3 Å². The first kappa shape index (κ1) is 10.7. The largest absolute Gasteiger partial charge is 0.388 e. The summed E-state index contributed by atoms with van der Waals surface area (Å²) in [4.78, 5) is 0. The van der Waals surface area contributed by atoms with Crippen LogP contribution in [0.5, 0.6) is 0 Å². The third-order valence-electron chi connectivity index (χ3n) is 2.17. The molecule has 0 aromatic carbocycles. The van der Waals surface area contributed by atoms with Gasteiger partial charge in [0.25, 0.3) is 0 Å². The third-order valence-corrected chi connectivity index (χ3v) is 2.17. The molecule has 3 nitrogen and oxygen atoms in total. The number of hydrogen-bond acceptors (Lipinski definition) is 3. The first-order valence-corrected chi connectivity index (χ1v) is 4.48. The lowest BCUT2D eigenvalue weighted by Crippen LogP contribution is -2.30. The van der Waals surface area contributed by atoms with E-state index in [9.17, 15) is 5.11 Å². The van der Waals surface area contributed by atoms with Gasteiger partial charge in [-0.3, -0.25) is 0 Å². The number of allylic oxidation sites excluding steroid dienone is 3. The summed E-state index contributed by atoms with van der Waals surface area (Å²) in [5.74, 6) is 0. The van der Waals surface area contributed by atoms with Crippen LogP contribution in [0.4, 0.5) is 0 Å². The molecule has 3 heteroatoms. The van der Waals surface area contributed by atoms with E-state index in [4.69, 9.17) is 5.41 Å². The molecule has 0 aromatic heterocycles. The van der Waals surface area contributed by atoms with E-state index in [0.717, 1.165) is 11.3 Å². The van der Waals surface area contributed by atoms with Crippen LogP contribution in [-0.2, 0) is 0 Å². The molecule has 1 rings (SSSR count). The van der Waals surface area contributed by atoms with Crippen molar-refractivity contribution in [2.24, 2.45) is 0 Å². The maximum atomic E-state index is 9.87. The van der Waals surface area contributed by atoms with Crippen molar-refractivity contribution in [1.29, 1.82) is 5.41 Å². The average molecular weight is 192 g/mol. The molecule has 0 radical (unpaired) electrons. The average Bonchev–Trinajstić information content (AvgIpc) is 2.07. The number of aliphatic hydroxyl groups is 1. The summed E-state index contributed by atoms with van der Waals surface area (Å²) in [6.45, 7) is 7.14. The van der Waals surface area contributed by atoms with Crippen molar-refractivity contribution in [3.63, 3.8) is 0 Å². The van der Waals surface area contributed by atoms with Crippen LogP contribution in [0.3, 0.4) is 0 Å². The molecule has 0 saturated carbocycles. The van der Waals surface area contributed by atoms with Crippen LogP contribution in [-0.4, -0.2) is 23.5 Å². The molecule has 0 fully saturated rings. The maximum absolute atomic E-state index is 9.87. The molecule has 0 heterocycles. The van der Waals surface area contributed by atoms with Gasteiger partial charge >= 0.3 is 0 Å². The second-order valence-electron chi connectivity index (χ2n) is 3.86. The van der Waals surface area contributed by atoms with E-state index in [-0.39, 0.29) is 0 Å². The van der Waals surface area contributed by atoms with Gasteiger partial charge in [-0.1, -0.05) is 6.58 Å². The predicted octanol–water partition coefficient (Wildman–Crippen LogP) is 1.38. The van der Waals surface area contributed by atoms with Gasteiger partial charge in [-0.25, -0.2) is 0 Å². The van der Waals surface area contributed by atoms with Gasteiger partial charge in [-0.2, -0.15) is 0 Å². The minimum absolute atomic E-state index is 0.348. The van der Waals surface area contributed by atoms with E-state index in [1.807, 2.05) is 0 Å². The molecule has 0 aromatic rings. The van der Waals surface area contributed by atoms with E-state index in [2.05, 4.69) is 11.9 Å². The molecule has 0 bridgehead atoms. The van der Waals surface area contributed by atoms with Crippen LogP contribution in [0.15, 0.2) is 35.6 Å². The minimum Gasteiger partial charge on any atom is -0.388 e. The zero-order valence-corrected chi connectivity index (χ0v) is 8.81. The predicted molar refractivity (Wildman–Crippen MR) is 58.4 cm³/mol. The van der Waals surface area contributed by atoms with Crippen molar-refractivity contribution in [3.05, 3.63) is 35.6 Å². The number of rotatable bonds is 2. The third kappa shape index (κ3) is 1.93. The summed E-state index contributed by atoms with van der Waals surface area (Å²) in [7, 11) is 1.79. The standard InChI is InChI=1S/C11H16N2O/c1-7-5-10(13-4)8(6-9(7)12)11(2,3)14/h5-6,12-14H,1H2,2-4H3. The molecule has 1 aliphatic carbocycles. The lowest BCUT2D eigenvalue weighted by atomic mass is 9.88. The summed E-state index contributed by atoms with van der Waals surface area (Å²) < 4.78 is 0. The Morgan fingerprint density at radius 2 is 2.00 bits per heavy atom. The molecular formula is C11H16N2O. The quantitative estimate of drug-likeness (QED) is 0.619. The molecule has 14 heavy (non-hydrogen) atoms. The lowest BCUT2D eigenvalue weighted by molar-refractivity contribution is 0.121. The van der Waals surface area contributed by atoms with Crippen LogP contribution < -0.4 is 5.32 Å². The highest BCUT2D eigenvalue weighted by Crippen LogP contribution is 2.26. The highest BCUT2D eigenvalue weighted by Gasteiger charge is 2.25. The van der Waals surface area contributed by atoms with E-state index < -0.39 is 5.60 Å². The lowest BCUT2D eigenvalue weighted by Gasteiger charge is -2.27. The van der Waals surface area contributed by atoms with Crippen LogP contribution >= 0.6 is 0 Å². The van der Waals surface area contributed by atoms with Crippen molar-refractivity contribution in [3.8, 4) is 0 Å². The van der Waals surface area contributed by atoms with Crippen molar-refractivity contribution in [1.82, 2.24) is 5.32 Å². The normalized spacial score (nSPS) is 17.7. The Hall–Kier alpha value is -1.35.